The van der Waals surface area contributed by atoms with Crippen LogP contribution in [0.4, 0.5) is 0 Å². The minimum atomic E-state index is -0.523. The first-order chi connectivity index (χ1) is 8.24. The summed E-state index contributed by atoms with van der Waals surface area (Å²) in [7, 11) is 0. The molecule has 0 spiro atoms. The molecule has 1 aliphatic rings. The lowest BCUT2D eigenvalue weighted by Gasteiger charge is -2.23. The van der Waals surface area contributed by atoms with E-state index in [2.05, 4.69) is 21.0 Å². The molecule has 1 fully saturated rings. The quantitative estimate of drug-likeness (QED) is 0.888. The summed E-state index contributed by atoms with van der Waals surface area (Å²) in [6.45, 7) is 2.32. The van der Waals surface area contributed by atoms with E-state index in [0.717, 1.165) is 30.5 Å². The molecule has 0 bridgehead atoms. The lowest BCUT2D eigenvalue weighted by Crippen LogP contribution is -2.29. The van der Waals surface area contributed by atoms with Crippen LogP contribution in [0.25, 0.3) is 0 Å². The first-order valence-corrected chi connectivity index (χ1v) is 6.58. The van der Waals surface area contributed by atoms with Crippen molar-refractivity contribution in [3.63, 3.8) is 0 Å². The van der Waals surface area contributed by atoms with Gasteiger partial charge in [-0.15, -0.1) is 0 Å². The normalized spacial score (nSPS) is 19.4. The van der Waals surface area contributed by atoms with Gasteiger partial charge in [0.25, 0.3) is 0 Å². The Morgan fingerprint density at radius 3 is 3.00 bits per heavy atom. The molecule has 0 amide bonds. The third-order valence-electron chi connectivity index (χ3n) is 2.69. The van der Waals surface area contributed by atoms with Crippen molar-refractivity contribution in [2.24, 2.45) is 0 Å². The highest BCUT2D eigenvalue weighted by atomic mass is 79.9. The Kier molecular flexibility index (Phi) is 4.97. The van der Waals surface area contributed by atoms with Gasteiger partial charge in [0.05, 0.1) is 36.0 Å². The molecule has 96 valence electrons. The van der Waals surface area contributed by atoms with Crippen molar-refractivity contribution in [2.75, 3.05) is 19.8 Å². The van der Waals surface area contributed by atoms with Gasteiger partial charge in [-0.3, -0.25) is 4.68 Å². The Bertz CT molecular complexity index is 339. The molecule has 2 heterocycles. The van der Waals surface area contributed by atoms with Crippen LogP contribution in [0.3, 0.4) is 0 Å². The summed E-state index contributed by atoms with van der Waals surface area (Å²) in [5.41, 5.74) is 0. The van der Waals surface area contributed by atoms with Gasteiger partial charge in [0.1, 0.15) is 0 Å². The molecule has 0 saturated carbocycles. The number of hydrogen-bond donors (Lipinski definition) is 1. The molecule has 17 heavy (non-hydrogen) atoms. The Morgan fingerprint density at radius 1 is 1.59 bits per heavy atom. The molecule has 6 heteroatoms. The van der Waals surface area contributed by atoms with Crippen LogP contribution in [0, 0.1) is 0 Å². The van der Waals surface area contributed by atoms with E-state index in [0.29, 0.717) is 13.2 Å². The van der Waals surface area contributed by atoms with Crippen molar-refractivity contribution in [3.8, 4) is 0 Å². The van der Waals surface area contributed by atoms with Crippen LogP contribution in [-0.2, 0) is 16.0 Å². The summed E-state index contributed by atoms with van der Waals surface area (Å²) < 4.78 is 13.5. The SMILES string of the molecule is O[C@H](COC1CCOCC1)Cn1cc(Br)cn1. The van der Waals surface area contributed by atoms with E-state index >= 15 is 0 Å². The number of ether oxygens (including phenoxy) is 2. The first-order valence-electron chi connectivity index (χ1n) is 5.79. The average molecular weight is 305 g/mol. The van der Waals surface area contributed by atoms with Crippen molar-refractivity contribution in [2.45, 2.75) is 31.6 Å². The van der Waals surface area contributed by atoms with E-state index in [-0.39, 0.29) is 6.10 Å². The molecule has 1 aliphatic heterocycles. The fourth-order valence-electron chi connectivity index (χ4n) is 1.80. The van der Waals surface area contributed by atoms with Crippen molar-refractivity contribution < 1.29 is 14.6 Å². The third-order valence-corrected chi connectivity index (χ3v) is 3.10. The van der Waals surface area contributed by atoms with E-state index in [9.17, 15) is 5.11 Å². The second kappa shape index (κ2) is 6.49. The van der Waals surface area contributed by atoms with Gasteiger partial charge < -0.3 is 14.6 Å². The van der Waals surface area contributed by atoms with E-state index in [1.807, 2.05) is 6.20 Å². The second-order valence-electron chi connectivity index (χ2n) is 4.18. The summed E-state index contributed by atoms with van der Waals surface area (Å²) in [6.07, 6.45) is 5.07. The highest BCUT2D eigenvalue weighted by Gasteiger charge is 2.16. The lowest BCUT2D eigenvalue weighted by molar-refractivity contribution is -0.0622. The Hall–Kier alpha value is -0.430. The molecule has 0 aromatic carbocycles. The predicted octanol–water partition coefficient (Wildman–Crippen LogP) is 1.20. The van der Waals surface area contributed by atoms with Gasteiger partial charge in [-0.05, 0) is 28.8 Å². The highest BCUT2D eigenvalue weighted by molar-refractivity contribution is 9.10. The lowest BCUT2D eigenvalue weighted by atomic mass is 10.1. The summed E-state index contributed by atoms with van der Waals surface area (Å²) in [5.74, 6) is 0. The fourth-order valence-corrected chi connectivity index (χ4v) is 2.12. The molecule has 0 aliphatic carbocycles. The number of aromatic nitrogens is 2. The van der Waals surface area contributed by atoms with Crippen LogP contribution < -0.4 is 0 Å². The van der Waals surface area contributed by atoms with Gasteiger partial charge in [-0.2, -0.15) is 5.10 Å². The number of aliphatic hydroxyl groups excluding tert-OH is 1. The zero-order chi connectivity index (χ0) is 12.1. The van der Waals surface area contributed by atoms with Crippen molar-refractivity contribution in [1.82, 2.24) is 9.78 Å². The number of aliphatic hydroxyl groups is 1. The molecule has 5 nitrogen and oxygen atoms in total. The summed E-state index contributed by atoms with van der Waals surface area (Å²) in [4.78, 5) is 0. The molecular weight excluding hydrogens is 288 g/mol. The minimum Gasteiger partial charge on any atom is -0.389 e. The van der Waals surface area contributed by atoms with Crippen LogP contribution in [0.5, 0.6) is 0 Å². The monoisotopic (exact) mass is 304 g/mol. The second-order valence-corrected chi connectivity index (χ2v) is 5.10. The summed E-state index contributed by atoms with van der Waals surface area (Å²) >= 11 is 3.31. The van der Waals surface area contributed by atoms with Crippen LogP contribution in [0.2, 0.25) is 0 Å². The topological polar surface area (TPSA) is 56.5 Å². The average Bonchev–Trinajstić information content (AvgIpc) is 2.73. The standard InChI is InChI=1S/C11H17BrN2O3/c12-9-5-13-14(6-9)7-10(15)8-17-11-1-3-16-4-2-11/h5-6,10-11,15H,1-4,7-8H2/t10-/m0/s1. The molecule has 0 radical (unpaired) electrons. The van der Waals surface area contributed by atoms with Crippen LogP contribution in [0.1, 0.15) is 12.8 Å². The maximum atomic E-state index is 9.81. The van der Waals surface area contributed by atoms with Crippen molar-refractivity contribution >= 4 is 15.9 Å². The number of hydrogen-bond acceptors (Lipinski definition) is 4. The van der Waals surface area contributed by atoms with E-state index in [1.165, 1.54) is 0 Å². The molecule has 1 saturated heterocycles. The first kappa shape index (κ1) is 13.0. The van der Waals surface area contributed by atoms with Gasteiger partial charge in [0.2, 0.25) is 0 Å². The van der Waals surface area contributed by atoms with Crippen LogP contribution in [0.15, 0.2) is 16.9 Å². The summed E-state index contributed by atoms with van der Waals surface area (Å²) in [5, 5.41) is 13.9. The largest absolute Gasteiger partial charge is 0.389 e. The van der Waals surface area contributed by atoms with Gasteiger partial charge in [0, 0.05) is 19.4 Å². The number of rotatable bonds is 5. The molecule has 1 aromatic heterocycles. The molecule has 2 rings (SSSR count). The summed E-state index contributed by atoms with van der Waals surface area (Å²) in [6, 6.07) is 0. The van der Waals surface area contributed by atoms with Crippen molar-refractivity contribution in [3.05, 3.63) is 16.9 Å². The zero-order valence-corrected chi connectivity index (χ0v) is 11.2. The zero-order valence-electron chi connectivity index (χ0n) is 9.59. The predicted molar refractivity (Wildman–Crippen MR) is 65.7 cm³/mol. The van der Waals surface area contributed by atoms with Gasteiger partial charge in [0.15, 0.2) is 0 Å². The van der Waals surface area contributed by atoms with Crippen LogP contribution >= 0.6 is 15.9 Å². The maximum Gasteiger partial charge on any atom is 0.0969 e. The smallest absolute Gasteiger partial charge is 0.0969 e. The van der Waals surface area contributed by atoms with E-state index in [4.69, 9.17) is 9.47 Å². The van der Waals surface area contributed by atoms with Gasteiger partial charge in [-0.25, -0.2) is 0 Å². The molecule has 1 aromatic rings. The molecule has 1 N–H and O–H groups in total. The van der Waals surface area contributed by atoms with Crippen molar-refractivity contribution in [1.29, 1.82) is 0 Å². The van der Waals surface area contributed by atoms with E-state index < -0.39 is 6.10 Å². The van der Waals surface area contributed by atoms with E-state index in [1.54, 1.807) is 10.9 Å². The third kappa shape index (κ3) is 4.39. The Balaban J connectivity index is 1.68. The molecule has 0 unspecified atom stereocenters. The minimum absolute atomic E-state index is 0.225. The van der Waals surface area contributed by atoms with Gasteiger partial charge in [-0.1, -0.05) is 0 Å². The number of halogens is 1. The van der Waals surface area contributed by atoms with Gasteiger partial charge >= 0.3 is 0 Å². The Morgan fingerprint density at radius 2 is 2.35 bits per heavy atom. The Labute approximate surface area is 109 Å². The molecule has 1 atom stereocenters. The fraction of sp³-hybridized carbons (Fsp3) is 0.727. The molecular formula is C11H17BrN2O3. The number of nitrogens with zero attached hydrogens (tertiary/aromatic N) is 2. The van der Waals surface area contributed by atoms with Crippen LogP contribution in [-0.4, -0.2) is 46.9 Å². The highest BCUT2D eigenvalue weighted by Crippen LogP contribution is 2.11. The maximum absolute atomic E-state index is 9.81.